The summed E-state index contributed by atoms with van der Waals surface area (Å²) in [5, 5.41) is 0. The minimum Gasteiger partial charge on any atom is 2.00 e. The number of hydrogen-bond acceptors (Lipinski definition) is 3. The quantitative estimate of drug-likeness (QED) is 0.418. The fourth-order valence-electron chi connectivity index (χ4n) is 0. The molecule has 0 aromatic carbocycles. The topological polar surface area (TPSA) is 63.2 Å². The molecule has 7 heteroatoms. The zero-order valence-electron chi connectivity index (χ0n) is 2.43. The fourth-order valence-corrected chi connectivity index (χ4v) is 0. The smallest absolute Gasteiger partial charge is 2.00 e. The summed E-state index contributed by atoms with van der Waals surface area (Å²) < 4.78 is 8.52. The molecule has 0 aliphatic rings. The molecule has 3 nitrogen and oxygen atoms in total. The molecule has 0 aromatic rings. The molecule has 0 aromatic heterocycles. The SMILES string of the molecule is O=[Si]([O-])[O-].[BaH2].[CaH2].[Mg+2]. The Kier molecular flexibility index (Phi) is 51.6. The van der Waals surface area contributed by atoms with Gasteiger partial charge in [-0.05, 0) is 0 Å². The zero-order valence-corrected chi connectivity index (χ0v) is 4.85. The summed E-state index contributed by atoms with van der Waals surface area (Å²) in [6, 6.07) is 0. The molecule has 0 N–H and O–H groups in total. The van der Waals surface area contributed by atoms with Crippen molar-refractivity contribution in [3.63, 3.8) is 0 Å². The molecule has 0 fully saturated rings. The fraction of sp³-hybridized carbons (Fsp3) is 0. The van der Waals surface area contributed by atoms with Crippen LogP contribution in [0.2, 0.25) is 0 Å². The molecular formula is H4BaCaMgO3Si. The van der Waals surface area contributed by atoms with E-state index in [4.69, 9.17) is 14.1 Å². The van der Waals surface area contributed by atoms with Gasteiger partial charge in [0, 0.05) is 9.17 Å². The molecule has 0 radical (unpaired) electrons. The maximum atomic E-state index is 8.52. The molecule has 0 rings (SSSR count). The van der Waals surface area contributed by atoms with Crippen LogP contribution in [0.5, 0.6) is 0 Å². The third-order valence-corrected chi connectivity index (χ3v) is 0. The van der Waals surface area contributed by atoms with Crippen LogP contribution in [0.15, 0.2) is 0 Å². The van der Waals surface area contributed by atoms with Crippen LogP contribution >= 0.6 is 0 Å². The van der Waals surface area contributed by atoms with Crippen molar-refractivity contribution in [2.45, 2.75) is 0 Å². The van der Waals surface area contributed by atoms with Gasteiger partial charge in [-0.25, -0.2) is 0 Å². The van der Waals surface area contributed by atoms with Gasteiger partial charge in [-0.1, -0.05) is 0 Å². The van der Waals surface area contributed by atoms with Crippen LogP contribution in [0, 0.1) is 0 Å². The van der Waals surface area contributed by atoms with Gasteiger partial charge >= 0.3 is 110 Å². The van der Waals surface area contributed by atoms with Gasteiger partial charge in [0.15, 0.2) is 0 Å². The van der Waals surface area contributed by atoms with E-state index < -0.39 is 9.17 Å². The third kappa shape index (κ3) is 46.4. The monoisotopic (exact) mass is 282 g/mol. The van der Waals surface area contributed by atoms with Gasteiger partial charge in [-0.2, -0.15) is 0 Å². The van der Waals surface area contributed by atoms with Crippen molar-refractivity contribution in [3.05, 3.63) is 0 Å². The molecule has 0 heterocycles. The van der Waals surface area contributed by atoms with E-state index in [1.807, 2.05) is 0 Å². The first kappa shape index (κ1) is 22.5. The maximum Gasteiger partial charge on any atom is 2.00 e. The van der Waals surface area contributed by atoms with Crippen LogP contribution in [-0.2, 0) is 4.46 Å². The van der Waals surface area contributed by atoms with Gasteiger partial charge in [0.1, 0.15) is 0 Å². The first-order valence-electron chi connectivity index (χ1n) is 0.612. The Balaban J connectivity index is -0.0000000150. The summed E-state index contributed by atoms with van der Waals surface area (Å²) in [5.41, 5.74) is 0. The van der Waals surface area contributed by atoms with Crippen LogP contribution < -0.4 is 9.59 Å². The maximum absolute atomic E-state index is 8.52. The van der Waals surface area contributed by atoms with Crippen molar-refractivity contribution in [1.29, 1.82) is 0 Å². The minimum absolute atomic E-state index is 0. The molecule has 0 bridgehead atoms. The largest absolute Gasteiger partial charge is 2.00 e. The van der Waals surface area contributed by atoms with Gasteiger partial charge in [-0.15, -0.1) is 0 Å². The molecule has 0 atom stereocenters. The van der Waals surface area contributed by atoms with Crippen molar-refractivity contribution in [3.8, 4) is 0 Å². The Labute approximate surface area is 129 Å². The summed E-state index contributed by atoms with van der Waals surface area (Å²) in [7, 11) is -3.63. The molecule has 0 saturated carbocycles. The van der Waals surface area contributed by atoms with Gasteiger partial charge in [0.05, 0.1) is 0 Å². The molecule has 0 aliphatic carbocycles. The average molecular weight is 282 g/mol. The number of rotatable bonds is 0. The Morgan fingerprint density at radius 3 is 1.29 bits per heavy atom. The minimum atomic E-state index is -3.63. The number of hydrogen-bond donors (Lipinski definition) is 0. The van der Waals surface area contributed by atoms with Crippen molar-refractivity contribution >= 4 is 119 Å². The molecule has 7 heavy (non-hydrogen) atoms. The second-order valence-electron chi connectivity index (χ2n) is 0.250. The van der Waals surface area contributed by atoms with E-state index in [0.29, 0.717) is 0 Å². The molecule has 0 amide bonds. The average Bonchev–Trinajstić information content (AvgIpc) is 0.811. The van der Waals surface area contributed by atoms with E-state index in [0.717, 1.165) is 0 Å². The molecular weight excluding hydrogens is 278 g/mol. The summed E-state index contributed by atoms with van der Waals surface area (Å²) in [6.07, 6.45) is 0. The van der Waals surface area contributed by atoms with Crippen LogP contribution in [-0.4, -0.2) is 119 Å². The van der Waals surface area contributed by atoms with Crippen molar-refractivity contribution in [2.75, 3.05) is 0 Å². The Hall–Kier alpha value is 3.21. The summed E-state index contributed by atoms with van der Waals surface area (Å²) in [5.74, 6) is 0. The van der Waals surface area contributed by atoms with Gasteiger partial charge in [0.25, 0.3) is 0 Å². The Bertz CT molecular complexity index is 37.9. The Morgan fingerprint density at radius 1 is 1.29 bits per heavy atom. The molecule has 0 unspecified atom stereocenters. The predicted octanol–water partition coefficient (Wildman–Crippen LogP) is -5.09. The second-order valence-corrected chi connectivity index (χ2v) is 0.750. The third-order valence-electron chi connectivity index (χ3n) is 0. The summed E-state index contributed by atoms with van der Waals surface area (Å²) in [4.78, 5) is 17.0. The van der Waals surface area contributed by atoms with Crippen LogP contribution in [0.25, 0.3) is 0 Å². The second kappa shape index (κ2) is 16.1. The van der Waals surface area contributed by atoms with E-state index in [-0.39, 0.29) is 110 Å². The van der Waals surface area contributed by atoms with Crippen molar-refractivity contribution in [1.82, 2.24) is 0 Å². The first-order valence-corrected chi connectivity index (χ1v) is 1.84. The normalized spacial score (nSPS) is 3.43. The van der Waals surface area contributed by atoms with E-state index in [1.165, 1.54) is 0 Å². The summed E-state index contributed by atoms with van der Waals surface area (Å²) in [6.45, 7) is 0. The van der Waals surface area contributed by atoms with E-state index in [1.54, 1.807) is 0 Å². The van der Waals surface area contributed by atoms with E-state index in [9.17, 15) is 0 Å². The summed E-state index contributed by atoms with van der Waals surface area (Å²) >= 11 is 0. The molecule has 0 spiro atoms. The molecule has 0 saturated heterocycles. The Morgan fingerprint density at radius 2 is 1.29 bits per heavy atom. The van der Waals surface area contributed by atoms with Gasteiger partial charge in [0.2, 0.25) is 0 Å². The molecule has 0 aliphatic heterocycles. The zero-order chi connectivity index (χ0) is 3.58. The van der Waals surface area contributed by atoms with E-state index >= 15 is 0 Å². The van der Waals surface area contributed by atoms with Crippen LogP contribution in [0.4, 0.5) is 0 Å². The predicted molar refractivity (Wildman–Crippen MR) is 29.3 cm³/mol. The van der Waals surface area contributed by atoms with Crippen LogP contribution in [0.1, 0.15) is 0 Å². The van der Waals surface area contributed by atoms with Crippen LogP contribution in [0.3, 0.4) is 0 Å². The first-order chi connectivity index (χ1) is 1.73. The van der Waals surface area contributed by atoms with Gasteiger partial charge < -0.3 is 14.1 Å². The standard InChI is InChI=1S/Ba.Ca.Mg.O3Si.4H/c;;;1-4(2)3;;;;/q;;+2;-2;;;;. The van der Waals surface area contributed by atoms with Crippen molar-refractivity contribution in [2.24, 2.45) is 0 Å². The molecule has 32 valence electrons. The van der Waals surface area contributed by atoms with E-state index in [2.05, 4.69) is 0 Å². The van der Waals surface area contributed by atoms with Crippen molar-refractivity contribution < 1.29 is 14.1 Å². The van der Waals surface area contributed by atoms with Gasteiger partial charge in [-0.3, -0.25) is 0 Å².